The SMILES string of the molecule is CC(OC(=O)OC1(C(CO)(CO)CO)CCCC1)C(CO)(CO)CO. The van der Waals surface area contributed by atoms with Gasteiger partial charge in [0, 0.05) is 0 Å². The second-order valence-corrected chi connectivity index (χ2v) is 6.90. The van der Waals surface area contributed by atoms with Crippen LogP contribution < -0.4 is 0 Å². The Morgan fingerprint density at radius 2 is 1.36 bits per heavy atom. The molecule has 0 spiro atoms. The predicted octanol–water partition coefficient (Wildman–Crippen LogP) is -1.23. The third-order valence-corrected chi connectivity index (χ3v) is 5.64. The van der Waals surface area contributed by atoms with Crippen LogP contribution in [0, 0.1) is 10.8 Å². The minimum Gasteiger partial charge on any atom is -0.430 e. The molecule has 0 bridgehead atoms. The summed E-state index contributed by atoms with van der Waals surface area (Å²) in [6, 6.07) is 0. The monoisotopic (exact) mass is 366 g/mol. The number of rotatable bonds is 10. The summed E-state index contributed by atoms with van der Waals surface area (Å²) < 4.78 is 10.6. The van der Waals surface area contributed by atoms with Crippen LogP contribution in [0.3, 0.4) is 0 Å². The topological polar surface area (TPSA) is 157 Å². The van der Waals surface area contributed by atoms with E-state index in [4.69, 9.17) is 9.47 Å². The average Bonchev–Trinajstić information content (AvgIpc) is 3.08. The van der Waals surface area contributed by atoms with Crippen molar-refractivity contribution in [3.05, 3.63) is 0 Å². The summed E-state index contributed by atoms with van der Waals surface area (Å²) >= 11 is 0. The second-order valence-electron chi connectivity index (χ2n) is 6.90. The third-order valence-electron chi connectivity index (χ3n) is 5.64. The number of aliphatic hydroxyl groups excluding tert-OH is 6. The van der Waals surface area contributed by atoms with Gasteiger partial charge in [-0.1, -0.05) is 0 Å². The molecule has 0 aliphatic heterocycles. The van der Waals surface area contributed by atoms with Crippen molar-refractivity contribution < 1.29 is 44.9 Å². The van der Waals surface area contributed by atoms with E-state index in [1.54, 1.807) is 0 Å². The molecule has 1 aliphatic rings. The molecule has 148 valence electrons. The van der Waals surface area contributed by atoms with Crippen molar-refractivity contribution in [2.24, 2.45) is 10.8 Å². The van der Waals surface area contributed by atoms with Crippen molar-refractivity contribution in [3.8, 4) is 0 Å². The van der Waals surface area contributed by atoms with Gasteiger partial charge in [0.25, 0.3) is 0 Å². The fourth-order valence-corrected chi connectivity index (χ4v) is 3.26. The highest BCUT2D eigenvalue weighted by Gasteiger charge is 2.56. The highest BCUT2D eigenvalue weighted by Crippen LogP contribution is 2.47. The fourth-order valence-electron chi connectivity index (χ4n) is 3.26. The number of carbonyl (C=O) groups is 1. The minimum absolute atomic E-state index is 0.350. The van der Waals surface area contributed by atoms with Gasteiger partial charge in [-0.3, -0.25) is 0 Å². The lowest BCUT2D eigenvalue weighted by Crippen LogP contribution is -2.57. The first-order chi connectivity index (χ1) is 11.8. The van der Waals surface area contributed by atoms with Crippen molar-refractivity contribution in [2.45, 2.75) is 44.3 Å². The molecule has 0 heterocycles. The summed E-state index contributed by atoms with van der Waals surface area (Å²) in [6.07, 6.45) is -0.0807. The maximum atomic E-state index is 12.3. The lowest BCUT2D eigenvalue weighted by molar-refractivity contribution is -0.173. The van der Waals surface area contributed by atoms with Crippen molar-refractivity contribution in [3.63, 3.8) is 0 Å². The molecule has 0 radical (unpaired) electrons. The normalized spacial score (nSPS) is 18.8. The van der Waals surface area contributed by atoms with Gasteiger partial charge in [-0.2, -0.15) is 0 Å². The van der Waals surface area contributed by atoms with Crippen molar-refractivity contribution in [1.29, 1.82) is 0 Å². The van der Waals surface area contributed by atoms with Gasteiger partial charge in [-0.05, 0) is 32.6 Å². The van der Waals surface area contributed by atoms with Gasteiger partial charge in [0.2, 0.25) is 0 Å². The van der Waals surface area contributed by atoms with Gasteiger partial charge in [0.05, 0.1) is 50.5 Å². The molecule has 0 saturated heterocycles. The standard InChI is InChI=1S/C16H30O9/c1-12(14(6-17,7-18)8-19)24-13(23)25-16(4-2-3-5-16)15(9-20,10-21)11-22/h12,17-22H,2-11H2,1H3. The molecule has 9 nitrogen and oxygen atoms in total. The van der Waals surface area contributed by atoms with Gasteiger partial charge in [0.15, 0.2) is 0 Å². The summed E-state index contributed by atoms with van der Waals surface area (Å²) in [5, 5.41) is 57.2. The molecule has 0 amide bonds. The average molecular weight is 366 g/mol. The quantitative estimate of drug-likeness (QED) is 0.260. The summed E-state index contributed by atoms with van der Waals surface area (Å²) in [6.45, 7) is -2.12. The van der Waals surface area contributed by atoms with Crippen LogP contribution in [0.4, 0.5) is 4.79 Å². The molecular formula is C16H30O9. The first kappa shape index (κ1) is 22.1. The Balaban J connectivity index is 2.94. The molecule has 1 unspecified atom stereocenters. The Morgan fingerprint density at radius 1 is 0.920 bits per heavy atom. The van der Waals surface area contributed by atoms with E-state index >= 15 is 0 Å². The van der Waals surface area contributed by atoms with E-state index in [0.29, 0.717) is 25.7 Å². The van der Waals surface area contributed by atoms with E-state index in [1.165, 1.54) is 6.92 Å². The lowest BCUT2D eigenvalue weighted by atomic mass is 9.72. The van der Waals surface area contributed by atoms with Crippen LogP contribution in [0.15, 0.2) is 0 Å². The Bertz CT molecular complexity index is 395. The Morgan fingerprint density at radius 3 is 1.72 bits per heavy atom. The maximum Gasteiger partial charge on any atom is 0.509 e. The highest BCUT2D eigenvalue weighted by atomic mass is 16.7. The van der Waals surface area contributed by atoms with Gasteiger partial charge < -0.3 is 40.1 Å². The molecule has 1 aliphatic carbocycles. The van der Waals surface area contributed by atoms with Gasteiger partial charge in [-0.15, -0.1) is 0 Å². The van der Waals surface area contributed by atoms with Gasteiger partial charge >= 0.3 is 6.16 Å². The smallest absolute Gasteiger partial charge is 0.430 e. The highest BCUT2D eigenvalue weighted by molar-refractivity contribution is 5.61. The number of carbonyl (C=O) groups excluding carboxylic acids is 1. The molecule has 1 atom stereocenters. The van der Waals surface area contributed by atoms with Crippen molar-refractivity contribution >= 4 is 6.16 Å². The zero-order chi connectivity index (χ0) is 19.1. The molecule has 1 rings (SSSR count). The third kappa shape index (κ3) is 4.07. The number of aliphatic hydroxyl groups is 6. The molecular weight excluding hydrogens is 336 g/mol. The molecule has 1 fully saturated rings. The van der Waals surface area contributed by atoms with Crippen LogP contribution in [0.5, 0.6) is 0 Å². The molecule has 1 saturated carbocycles. The van der Waals surface area contributed by atoms with E-state index < -0.39 is 68.3 Å². The zero-order valence-electron chi connectivity index (χ0n) is 14.6. The van der Waals surface area contributed by atoms with Crippen molar-refractivity contribution in [1.82, 2.24) is 0 Å². The fraction of sp³-hybridized carbons (Fsp3) is 0.938. The zero-order valence-corrected chi connectivity index (χ0v) is 14.6. The van der Waals surface area contributed by atoms with E-state index in [2.05, 4.69) is 0 Å². The van der Waals surface area contributed by atoms with Crippen LogP contribution in [-0.4, -0.2) is 88.1 Å². The Hall–Kier alpha value is -0.970. The minimum atomic E-state index is -1.43. The summed E-state index contributed by atoms with van der Waals surface area (Å²) in [4.78, 5) is 12.3. The summed E-state index contributed by atoms with van der Waals surface area (Å²) in [5.74, 6) is 0. The van der Waals surface area contributed by atoms with Crippen LogP contribution in [0.2, 0.25) is 0 Å². The van der Waals surface area contributed by atoms with E-state index in [-0.39, 0.29) is 0 Å². The molecule has 9 heteroatoms. The number of hydrogen-bond donors (Lipinski definition) is 6. The number of hydrogen-bond acceptors (Lipinski definition) is 9. The largest absolute Gasteiger partial charge is 0.509 e. The molecule has 0 aromatic heterocycles. The lowest BCUT2D eigenvalue weighted by Gasteiger charge is -2.44. The van der Waals surface area contributed by atoms with E-state index in [1.807, 2.05) is 0 Å². The predicted molar refractivity (Wildman–Crippen MR) is 85.6 cm³/mol. The van der Waals surface area contributed by atoms with Crippen LogP contribution in [0.1, 0.15) is 32.6 Å². The second kappa shape index (κ2) is 9.11. The summed E-state index contributed by atoms with van der Waals surface area (Å²) in [7, 11) is 0. The summed E-state index contributed by atoms with van der Waals surface area (Å²) in [5.41, 5.74) is -4.11. The Kier molecular flexibility index (Phi) is 8.04. The van der Waals surface area contributed by atoms with E-state index in [0.717, 1.165) is 0 Å². The molecule has 6 N–H and O–H groups in total. The molecule has 0 aromatic rings. The van der Waals surface area contributed by atoms with Crippen LogP contribution >= 0.6 is 0 Å². The van der Waals surface area contributed by atoms with Gasteiger partial charge in [0.1, 0.15) is 11.7 Å². The van der Waals surface area contributed by atoms with Crippen LogP contribution in [0.25, 0.3) is 0 Å². The van der Waals surface area contributed by atoms with Crippen molar-refractivity contribution in [2.75, 3.05) is 39.6 Å². The number of ether oxygens (including phenoxy) is 2. The molecule has 0 aromatic carbocycles. The Labute approximate surface area is 146 Å². The first-order valence-electron chi connectivity index (χ1n) is 8.39. The maximum absolute atomic E-state index is 12.3. The van der Waals surface area contributed by atoms with Gasteiger partial charge in [-0.25, -0.2) is 4.79 Å². The van der Waals surface area contributed by atoms with E-state index in [9.17, 15) is 35.4 Å². The van der Waals surface area contributed by atoms with Crippen LogP contribution in [-0.2, 0) is 9.47 Å². The molecule has 25 heavy (non-hydrogen) atoms. The first-order valence-corrected chi connectivity index (χ1v) is 8.39.